The SMILES string of the molecule is CC(=O)N1C=Cc2ccccc2C1CC(=O)N(C)CC(=O)Nc1ccc(Br)cc1C. The molecule has 0 saturated carbocycles. The van der Waals surface area contributed by atoms with Crippen molar-refractivity contribution in [2.45, 2.75) is 26.3 Å². The Kier molecular flexibility index (Phi) is 6.72. The zero-order valence-corrected chi connectivity index (χ0v) is 18.8. The maximum atomic E-state index is 12.9. The molecule has 1 N–H and O–H groups in total. The Morgan fingerprint density at radius 2 is 1.90 bits per heavy atom. The van der Waals surface area contributed by atoms with E-state index in [-0.39, 0.29) is 30.7 Å². The van der Waals surface area contributed by atoms with Gasteiger partial charge >= 0.3 is 0 Å². The molecule has 0 spiro atoms. The number of carbonyl (C=O) groups is 3. The Morgan fingerprint density at radius 1 is 1.17 bits per heavy atom. The Balaban J connectivity index is 1.67. The van der Waals surface area contributed by atoms with Gasteiger partial charge in [0.15, 0.2) is 0 Å². The molecule has 7 heteroatoms. The van der Waals surface area contributed by atoms with Crippen molar-refractivity contribution in [2.24, 2.45) is 0 Å². The molecule has 2 aromatic rings. The third-order valence-corrected chi connectivity index (χ3v) is 5.60. The van der Waals surface area contributed by atoms with Gasteiger partial charge in [-0.15, -0.1) is 0 Å². The predicted molar refractivity (Wildman–Crippen MR) is 120 cm³/mol. The van der Waals surface area contributed by atoms with Crippen LogP contribution in [-0.2, 0) is 14.4 Å². The fourth-order valence-electron chi connectivity index (χ4n) is 3.50. The molecule has 0 radical (unpaired) electrons. The maximum Gasteiger partial charge on any atom is 0.243 e. The summed E-state index contributed by atoms with van der Waals surface area (Å²) in [5.74, 6) is -0.618. The molecule has 156 valence electrons. The van der Waals surface area contributed by atoms with Crippen LogP contribution in [0.3, 0.4) is 0 Å². The van der Waals surface area contributed by atoms with Gasteiger partial charge in [0.1, 0.15) is 0 Å². The number of aryl methyl sites for hydroxylation is 1. The lowest BCUT2D eigenvalue weighted by atomic mass is 9.93. The fourth-order valence-corrected chi connectivity index (χ4v) is 3.97. The van der Waals surface area contributed by atoms with Crippen molar-refractivity contribution in [1.29, 1.82) is 0 Å². The van der Waals surface area contributed by atoms with Gasteiger partial charge in [-0.3, -0.25) is 14.4 Å². The van der Waals surface area contributed by atoms with E-state index in [1.54, 1.807) is 18.1 Å². The summed E-state index contributed by atoms with van der Waals surface area (Å²) < 4.78 is 0.933. The van der Waals surface area contributed by atoms with Gasteiger partial charge in [-0.05, 0) is 47.9 Å². The average Bonchev–Trinajstić information content (AvgIpc) is 2.70. The molecule has 1 atom stereocenters. The number of amides is 3. The number of fused-ring (bicyclic) bond motifs is 1. The van der Waals surface area contributed by atoms with Crippen LogP contribution in [0, 0.1) is 6.92 Å². The number of hydrogen-bond acceptors (Lipinski definition) is 3. The number of nitrogens with zero attached hydrogens (tertiary/aromatic N) is 2. The van der Waals surface area contributed by atoms with Crippen LogP contribution in [0.5, 0.6) is 0 Å². The standard InChI is InChI=1S/C23H24BrN3O3/c1-15-12-18(24)8-9-20(15)25-22(29)14-26(3)23(30)13-21-19-7-5-4-6-17(19)10-11-27(21)16(2)28/h4-12,21H,13-14H2,1-3H3,(H,25,29). The van der Waals surface area contributed by atoms with E-state index in [2.05, 4.69) is 21.2 Å². The van der Waals surface area contributed by atoms with Gasteiger partial charge in [0, 0.05) is 30.3 Å². The summed E-state index contributed by atoms with van der Waals surface area (Å²) in [6, 6.07) is 12.9. The third kappa shape index (κ3) is 4.97. The average molecular weight is 470 g/mol. The topological polar surface area (TPSA) is 69.7 Å². The molecular weight excluding hydrogens is 446 g/mol. The van der Waals surface area contributed by atoms with Crippen molar-refractivity contribution in [3.63, 3.8) is 0 Å². The summed E-state index contributed by atoms with van der Waals surface area (Å²) >= 11 is 3.40. The molecule has 1 heterocycles. The van der Waals surface area contributed by atoms with E-state index in [0.29, 0.717) is 5.69 Å². The molecule has 3 rings (SSSR count). The van der Waals surface area contributed by atoms with Crippen LogP contribution in [0.2, 0.25) is 0 Å². The zero-order valence-electron chi connectivity index (χ0n) is 17.2. The van der Waals surface area contributed by atoms with Gasteiger partial charge in [-0.25, -0.2) is 0 Å². The Labute approximate surface area is 184 Å². The summed E-state index contributed by atoms with van der Waals surface area (Å²) in [6.45, 7) is 3.31. The summed E-state index contributed by atoms with van der Waals surface area (Å²) in [5, 5.41) is 2.84. The third-order valence-electron chi connectivity index (χ3n) is 5.11. The number of nitrogens with one attached hydrogen (secondary N) is 1. The first-order valence-corrected chi connectivity index (χ1v) is 10.4. The molecule has 6 nitrogen and oxygen atoms in total. The highest BCUT2D eigenvalue weighted by molar-refractivity contribution is 9.10. The Hall–Kier alpha value is -2.93. The second kappa shape index (κ2) is 9.26. The van der Waals surface area contributed by atoms with E-state index in [4.69, 9.17) is 0 Å². The second-order valence-electron chi connectivity index (χ2n) is 7.35. The van der Waals surface area contributed by atoms with Crippen molar-refractivity contribution in [3.8, 4) is 0 Å². The predicted octanol–water partition coefficient (Wildman–Crippen LogP) is 4.12. The lowest BCUT2D eigenvalue weighted by Crippen LogP contribution is -2.39. The smallest absolute Gasteiger partial charge is 0.243 e. The maximum absolute atomic E-state index is 12.9. The van der Waals surface area contributed by atoms with E-state index in [1.807, 2.05) is 55.5 Å². The normalized spacial score (nSPS) is 14.8. The number of anilines is 1. The van der Waals surface area contributed by atoms with E-state index in [1.165, 1.54) is 11.8 Å². The molecule has 0 aliphatic carbocycles. The highest BCUT2D eigenvalue weighted by atomic mass is 79.9. The number of likely N-dealkylation sites (N-methyl/N-ethyl adjacent to an activating group) is 1. The first-order valence-electron chi connectivity index (χ1n) is 9.62. The number of benzene rings is 2. The minimum Gasteiger partial charge on any atom is -0.336 e. The minimum absolute atomic E-state index is 0.0708. The van der Waals surface area contributed by atoms with Gasteiger partial charge in [-0.2, -0.15) is 0 Å². The highest BCUT2D eigenvalue weighted by Crippen LogP contribution is 2.33. The van der Waals surface area contributed by atoms with Crippen LogP contribution in [0.15, 0.2) is 53.1 Å². The quantitative estimate of drug-likeness (QED) is 0.715. The van der Waals surface area contributed by atoms with Gasteiger partial charge in [0.05, 0.1) is 19.0 Å². The summed E-state index contributed by atoms with van der Waals surface area (Å²) in [5.41, 5.74) is 3.54. The number of halogens is 1. The van der Waals surface area contributed by atoms with Crippen LogP contribution in [0.1, 0.15) is 36.1 Å². The van der Waals surface area contributed by atoms with Gasteiger partial charge in [0.25, 0.3) is 0 Å². The molecule has 1 aliphatic heterocycles. The molecule has 1 unspecified atom stereocenters. The summed E-state index contributed by atoms with van der Waals surface area (Å²) in [6.07, 6.45) is 3.68. The number of carbonyl (C=O) groups excluding carboxylic acids is 3. The first-order chi connectivity index (χ1) is 14.3. The van der Waals surface area contributed by atoms with Crippen molar-refractivity contribution in [1.82, 2.24) is 9.80 Å². The second-order valence-corrected chi connectivity index (χ2v) is 8.26. The van der Waals surface area contributed by atoms with E-state index < -0.39 is 6.04 Å². The molecular formula is C23H24BrN3O3. The van der Waals surface area contributed by atoms with Gasteiger partial charge < -0.3 is 15.1 Å². The van der Waals surface area contributed by atoms with E-state index >= 15 is 0 Å². The molecule has 0 fully saturated rings. The van der Waals surface area contributed by atoms with Crippen molar-refractivity contribution >= 4 is 45.4 Å². The van der Waals surface area contributed by atoms with Crippen LogP contribution in [-0.4, -0.2) is 41.1 Å². The minimum atomic E-state index is -0.393. The van der Waals surface area contributed by atoms with Crippen molar-refractivity contribution < 1.29 is 14.4 Å². The molecule has 0 bridgehead atoms. The van der Waals surface area contributed by atoms with E-state index in [0.717, 1.165) is 21.2 Å². The lowest BCUT2D eigenvalue weighted by Gasteiger charge is -2.33. The molecule has 1 aliphatic rings. The lowest BCUT2D eigenvalue weighted by molar-refractivity contribution is -0.136. The van der Waals surface area contributed by atoms with Crippen LogP contribution < -0.4 is 5.32 Å². The summed E-state index contributed by atoms with van der Waals surface area (Å²) in [7, 11) is 1.60. The number of hydrogen-bond donors (Lipinski definition) is 1. The Morgan fingerprint density at radius 3 is 2.60 bits per heavy atom. The molecule has 2 aromatic carbocycles. The van der Waals surface area contributed by atoms with Crippen molar-refractivity contribution in [2.75, 3.05) is 18.9 Å². The van der Waals surface area contributed by atoms with Crippen LogP contribution in [0.25, 0.3) is 6.08 Å². The zero-order chi connectivity index (χ0) is 21.8. The largest absolute Gasteiger partial charge is 0.336 e. The molecule has 3 amide bonds. The van der Waals surface area contributed by atoms with Crippen molar-refractivity contribution in [3.05, 3.63) is 69.8 Å². The van der Waals surface area contributed by atoms with E-state index in [9.17, 15) is 14.4 Å². The fraction of sp³-hybridized carbons (Fsp3) is 0.261. The van der Waals surface area contributed by atoms with Gasteiger partial charge in [-0.1, -0.05) is 40.2 Å². The number of rotatable bonds is 5. The first kappa shape index (κ1) is 21.8. The van der Waals surface area contributed by atoms with Gasteiger partial charge in [0.2, 0.25) is 17.7 Å². The van der Waals surface area contributed by atoms with Crippen LogP contribution in [0.4, 0.5) is 5.69 Å². The summed E-state index contributed by atoms with van der Waals surface area (Å²) in [4.78, 5) is 40.4. The molecule has 0 aromatic heterocycles. The highest BCUT2D eigenvalue weighted by Gasteiger charge is 2.29. The monoisotopic (exact) mass is 469 g/mol. The Bertz CT molecular complexity index is 1020. The van der Waals surface area contributed by atoms with Crippen LogP contribution >= 0.6 is 15.9 Å². The molecule has 30 heavy (non-hydrogen) atoms. The molecule has 0 saturated heterocycles.